The van der Waals surface area contributed by atoms with E-state index < -0.39 is 14.6 Å². The molecule has 1 aromatic carbocycles. The smallest absolute Gasteiger partial charge is 0.227 e. The number of rotatable bonds is 6. The molecule has 0 saturated carbocycles. The lowest BCUT2D eigenvalue weighted by molar-refractivity contribution is -0.136. The molecular formula is C21H30N2O5S. The predicted molar refractivity (Wildman–Crippen MR) is 110 cm³/mol. The van der Waals surface area contributed by atoms with Crippen LogP contribution in [0.2, 0.25) is 0 Å². The Morgan fingerprint density at radius 3 is 2.31 bits per heavy atom. The van der Waals surface area contributed by atoms with Crippen molar-refractivity contribution in [2.45, 2.75) is 30.4 Å². The van der Waals surface area contributed by atoms with Crippen LogP contribution in [0, 0.1) is 5.92 Å². The van der Waals surface area contributed by atoms with Crippen molar-refractivity contribution >= 4 is 15.7 Å². The van der Waals surface area contributed by atoms with Gasteiger partial charge in [0, 0.05) is 25.7 Å². The van der Waals surface area contributed by atoms with E-state index >= 15 is 0 Å². The number of amides is 1. The largest absolute Gasteiger partial charge is 0.497 e. The molecule has 1 amide bonds. The van der Waals surface area contributed by atoms with Gasteiger partial charge in [0.05, 0.1) is 26.4 Å². The summed E-state index contributed by atoms with van der Waals surface area (Å²) in [6.07, 6.45) is 3.32. The van der Waals surface area contributed by atoms with Gasteiger partial charge in [0.15, 0.2) is 9.84 Å². The first-order chi connectivity index (χ1) is 13.9. The lowest BCUT2D eigenvalue weighted by Crippen LogP contribution is -2.69. The molecular weight excluding hydrogens is 392 g/mol. The topological polar surface area (TPSA) is 76.2 Å². The molecule has 3 heterocycles. The normalized spacial score (nSPS) is 25.2. The Balaban J connectivity index is 1.43. The Kier molecular flexibility index (Phi) is 5.50. The first-order valence-corrected chi connectivity index (χ1v) is 12.0. The Hall–Kier alpha value is -1.80. The van der Waals surface area contributed by atoms with Crippen LogP contribution in [-0.4, -0.2) is 81.6 Å². The highest BCUT2D eigenvalue weighted by Gasteiger charge is 2.62. The summed E-state index contributed by atoms with van der Waals surface area (Å²) in [5, 5.41) is 0. The molecule has 1 atom stereocenters. The van der Waals surface area contributed by atoms with Gasteiger partial charge in [-0.05, 0) is 56.0 Å². The number of benzene rings is 1. The molecule has 1 aromatic rings. The Labute approximate surface area is 172 Å². The number of hydrogen-bond donors (Lipinski definition) is 0. The summed E-state index contributed by atoms with van der Waals surface area (Å²) in [6.45, 7) is 3.62. The monoisotopic (exact) mass is 422 g/mol. The highest BCUT2D eigenvalue weighted by Crippen LogP contribution is 2.45. The fourth-order valence-electron chi connectivity index (χ4n) is 5.04. The maximum Gasteiger partial charge on any atom is 0.227 e. The van der Waals surface area contributed by atoms with Gasteiger partial charge in [-0.15, -0.1) is 0 Å². The Morgan fingerprint density at radius 1 is 1.10 bits per heavy atom. The fraction of sp³-hybridized carbons (Fsp3) is 0.667. The number of likely N-dealkylation sites (tertiary alicyclic amines) is 2. The summed E-state index contributed by atoms with van der Waals surface area (Å²) in [5.41, 5.74) is 0.801. The van der Waals surface area contributed by atoms with Gasteiger partial charge in [0.2, 0.25) is 5.91 Å². The van der Waals surface area contributed by atoms with E-state index in [1.807, 2.05) is 12.1 Å². The summed E-state index contributed by atoms with van der Waals surface area (Å²) < 4.78 is 35.5. The number of ether oxygens (including phenoxy) is 2. The summed E-state index contributed by atoms with van der Waals surface area (Å²) in [7, 11) is -0.0130. The van der Waals surface area contributed by atoms with Gasteiger partial charge in [-0.1, -0.05) is 0 Å². The van der Waals surface area contributed by atoms with Crippen LogP contribution < -0.4 is 9.47 Å². The van der Waals surface area contributed by atoms with Crippen LogP contribution in [0.15, 0.2) is 18.2 Å². The summed E-state index contributed by atoms with van der Waals surface area (Å²) in [4.78, 5) is 16.9. The zero-order chi connectivity index (χ0) is 20.6. The van der Waals surface area contributed by atoms with E-state index in [2.05, 4.69) is 4.90 Å². The van der Waals surface area contributed by atoms with Crippen LogP contribution in [0.1, 0.15) is 24.8 Å². The van der Waals surface area contributed by atoms with Crippen LogP contribution in [0.25, 0.3) is 0 Å². The van der Waals surface area contributed by atoms with E-state index in [0.717, 1.165) is 25.2 Å². The number of carbonyl (C=O) groups excluding carboxylic acids is 1. The molecule has 0 radical (unpaired) electrons. The standard InChI is InChI=1S/C21H30N2O5S/c1-27-18-9-16(10-19(12-18)28-2)11-20(24)23-14-21(15-23)17(5-8-29(21,25)26)13-22-6-3-4-7-22/h9-10,12,17H,3-8,11,13-15H2,1-2H3. The zero-order valence-corrected chi connectivity index (χ0v) is 18.0. The highest BCUT2D eigenvalue weighted by atomic mass is 32.2. The van der Waals surface area contributed by atoms with E-state index in [1.54, 1.807) is 25.2 Å². The molecule has 0 aliphatic carbocycles. The van der Waals surface area contributed by atoms with Gasteiger partial charge >= 0.3 is 0 Å². The molecule has 3 aliphatic rings. The summed E-state index contributed by atoms with van der Waals surface area (Å²) in [5.74, 6) is 1.60. The number of hydrogen-bond acceptors (Lipinski definition) is 6. The maximum absolute atomic E-state index is 12.9. The molecule has 3 fully saturated rings. The molecule has 0 bridgehead atoms. The minimum absolute atomic E-state index is 0.0482. The third-order valence-corrected chi connectivity index (χ3v) is 9.42. The van der Waals surface area contributed by atoms with E-state index in [4.69, 9.17) is 9.47 Å². The molecule has 1 unspecified atom stereocenters. The second kappa shape index (κ2) is 7.80. The maximum atomic E-state index is 12.9. The van der Waals surface area contributed by atoms with Crippen molar-refractivity contribution in [1.29, 1.82) is 0 Å². The third-order valence-electron chi connectivity index (χ3n) is 6.81. The average molecular weight is 423 g/mol. The zero-order valence-electron chi connectivity index (χ0n) is 17.2. The van der Waals surface area contributed by atoms with Crippen molar-refractivity contribution < 1.29 is 22.7 Å². The molecule has 7 nitrogen and oxygen atoms in total. The minimum atomic E-state index is -3.16. The van der Waals surface area contributed by atoms with Crippen molar-refractivity contribution in [3.05, 3.63) is 23.8 Å². The molecule has 4 rings (SSSR count). The second-order valence-electron chi connectivity index (χ2n) is 8.52. The average Bonchev–Trinajstić information content (AvgIpc) is 3.26. The summed E-state index contributed by atoms with van der Waals surface area (Å²) >= 11 is 0. The van der Waals surface area contributed by atoms with Gasteiger partial charge in [-0.2, -0.15) is 0 Å². The minimum Gasteiger partial charge on any atom is -0.497 e. The Morgan fingerprint density at radius 2 is 1.72 bits per heavy atom. The highest BCUT2D eigenvalue weighted by molar-refractivity contribution is 7.93. The van der Waals surface area contributed by atoms with Crippen molar-refractivity contribution in [2.24, 2.45) is 5.92 Å². The van der Waals surface area contributed by atoms with Gasteiger partial charge in [0.25, 0.3) is 0 Å². The molecule has 160 valence electrons. The van der Waals surface area contributed by atoms with Crippen LogP contribution in [0.3, 0.4) is 0 Å². The number of methoxy groups -OCH3 is 2. The quantitative estimate of drug-likeness (QED) is 0.689. The van der Waals surface area contributed by atoms with Crippen LogP contribution in [0.5, 0.6) is 11.5 Å². The van der Waals surface area contributed by atoms with Crippen molar-refractivity contribution in [3.8, 4) is 11.5 Å². The fourth-order valence-corrected chi connectivity index (χ4v) is 7.44. The lowest BCUT2D eigenvalue weighted by atomic mass is 9.82. The second-order valence-corrected chi connectivity index (χ2v) is 11.0. The lowest BCUT2D eigenvalue weighted by Gasteiger charge is -2.50. The van der Waals surface area contributed by atoms with E-state index in [-0.39, 0.29) is 24.0 Å². The summed E-state index contributed by atoms with van der Waals surface area (Å²) in [6, 6.07) is 5.40. The SMILES string of the molecule is COc1cc(CC(=O)N2CC3(C2)C(CN2CCCC2)CCS3(=O)=O)cc(OC)c1. The third kappa shape index (κ3) is 3.72. The predicted octanol–water partition coefficient (Wildman–Crippen LogP) is 1.36. The molecule has 29 heavy (non-hydrogen) atoms. The van der Waals surface area contributed by atoms with Crippen LogP contribution in [-0.2, 0) is 21.1 Å². The molecule has 8 heteroatoms. The van der Waals surface area contributed by atoms with Gasteiger partial charge < -0.3 is 19.3 Å². The Bertz CT molecular complexity index is 851. The molecule has 0 aromatic heterocycles. The van der Waals surface area contributed by atoms with Gasteiger partial charge in [0.1, 0.15) is 16.2 Å². The van der Waals surface area contributed by atoms with Crippen molar-refractivity contribution in [1.82, 2.24) is 9.80 Å². The molecule has 1 spiro atoms. The molecule has 3 aliphatic heterocycles. The number of nitrogens with zero attached hydrogens (tertiary/aromatic N) is 2. The number of carbonyl (C=O) groups is 1. The van der Waals surface area contributed by atoms with Crippen LogP contribution in [0.4, 0.5) is 0 Å². The first kappa shape index (κ1) is 20.5. The van der Waals surface area contributed by atoms with Crippen molar-refractivity contribution in [3.63, 3.8) is 0 Å². The number of sulfone groups is 1. The van der Waals surface area contributed by atoms with E-state index in [0.29, 0.717) is 31.0 Å². The molecule has 3 saturated heterocycles. The van der Waals surface area contributed by atoms with Gasteiger partial charge in [-0.3, -0.25) is 4.79 Å². The van der Waals surface area contributed by atoms with Crippen molar-refractivity contribution in [2.75, 3.05) is 52.7 Å². The van der Waals surface area contributed by atoms with Crippen LogP contribution >= 0.6 is 0 Å². The first-order valence-electron chi connectivity index (χ1n) is 10.3. The van der Waals surface area contributed by atoms with E-state index in [1.165, 1.54) is 12.8 Å². The van der Waals surface area contributed by atoms with E-state index in [9.17, 15) is 13.2 Å². The molecule has 0 N–H and O–H groups in total. The van der Waals surface area contributed by atoms with Gasteiger partial charge in [-0.25, -0.2) is 8.42 Å².